The van der Waals surface area contributed by atoms with Gasteiger partial charge in [-0.15, -0.1) is 0 Å². The Bertz CT molecular complexity index is 240. The normalized spacial score (nSPS) is 21.4. The highest BCUT2D eigenvalue weighted by Crippen LogP contribution is 2.33. The molecule has 16 heavy (non-hydrogen) atoms. The lowest BCUT2D eigenvalue weighted by Crippen LogP contribution is -2.47. The minimum atomic E-state index is 0.298. The molecule has 0 aromatic heterocycles. The van der Waals surface area contributed by atoms with Gasteiger partial charge in [-0.2, -0.15) is 0 Å². The van der Waals surface area contributed by atoms with Crippen LogP contribution in [-0.4, -0.2) is 30.0 Å². The van der Waals surface area contributed by atoms with E-state index in [1.807, 2.05) is 0 Å². The van der Waals surface area contributed by atoms with E-state index in [9.17, 15) is 0 Å². The molecule has 4 heteroatoms. The third-order valence-electron chi connectivity index (χ3n) is 3.16. The molecule has 3 N–H and O–H groups in total. The number of aliphatic imine (C=N–C) groups is 1. The molecule has 4 nitrogen and oxygen atoms in total. The van der Waals surface area contributed by atoms with E-state index in [2.05, 4.69) is 29.2 Å². The zero-order valence-corrected chi connectivity index (χ0v) is 10.4. The van der Waals surface area contributed by atoms with Gasteiger partial charge in [0, 0.05) is 19.1 Å². The Morgan fingerprint density at radius 3 is 2.06 bits per heavy atom. The molecule has 0 aliphatic heterocycles. The van der Waals surface area contributed by atoms with Gasteiger partial charge in [0.1, 0.15) is 0 Å². The van der Waals surface area contributed by atoms with Crippen LogP contribution in [0.1, 0.15) is 39.5 Å². The SMILES string of the molecule is CC(C)N=C(NN)N(CC1CC1)CC1CC1. The van der Waals surface area contributed by atoms with Gasteiger partial charge in [-0.3, -0.25) is 5.43 Å². The maximum atomic E-state index is 5.59. The van der Waals surface area contributed by atoms with Gasteiger partial charge in [0.15, 0.2) is 0 Å². The van der Waals surface area contributed by atoms with E-state index in [1.54, 1.807) is 0 Å². The first kappa shape index (κ1) is 11.7. The van der Waals surface area contributed by atoms with E-state index in [-0.39, 0.29) is 0 Å². The van der Waals surface area contributed by atoms with Gasteiger partial charge in [-0.25, -0.2) is 10.8 Å². The van der Waals surface area contributed by atoms with Gasteiger partial charge in [0.2, 0.25) is 5.96 Å². The first-order chi connectivity index (χ1) is 7.69. The van der Waals surface area contributed by atoms with Crippen molar-refractivity contribution >= 4 is 5.96 Å². The van der Waals surface area contributed by atoms with Crippen LogP contribution in [0.3, 0.4) is 0 Å². The largest absolute Gasteiger partial charge is 0.341 e. The predicted octanol–water partition coefficient (Wildman–Crippen LogP) is 1.34. The maximum Gasteiger partial charge on any atom is 0.208 e. The highest BCUT2D eigenvalue weighted by Gasteiger charge is 2.30. The fraction of sp³-hybridized carbons (Fsp3) is 0.917. The van der Waals surface area contributed by atoms with E-state index in [4.69, 9.17) is 5.84 Å². The number of hydrogen-bond donors (Lipinski definition) is 2. The number of nitrogens with two attached hydrogens (primary N) is 1. The van der Waals surface area contributed by atoms with Gasteiger partial charge in [0.05, 0.1) is 0 Å². The molecule has 0 saturated heterocycles. The molecule has 0 bridgehead atoms. The summed E-state index contributed by atoms with van der Waals surface area (Å²) >= 11 is 0. The summed E-state index contributed by atoms with van der Waals surface area (Å²) in [5.74, 6) is 8.23. The Labute approximate surface area is 98.3 Å². The molecular formula is C12H24N4. The molecule has 2 aliphatic carbocycles. The highest BCUT2D eigenvalue weighted by molar-refractivity contribution is 5.79. The fourth-order valence-electron chi connectivity index (χ4n) is 1.93. The molecule has 0 heterocycles. The molecule has 0 radical (unpaired) electrons. The summed E-state index contributed by atoms with van der Waals surface area (Å²) in [5, 5.41) is 0. The maximum absolute atomic E-state index is 5.59. The van der Waals surface area contributed by atoms with Crippen molar-refractivity contribution < 1.29 is 0 Å². The van der Waals surface area contributed by atoms with Gasteiger partial charge in [0.25, 0.3) is 0 Å². The van der Waals surface area contributed by atoms with Crippen molar-refractivity contribution in [3.8, 4) is 0 Å². The third kappa shape index (κ3) is 3.67. The first-order valence-electron chi connectivity index (χ1n) is 6.48. The first-order valence-corrected chi connectivity index (χ1v) is 6.48. The van der Waals surface area contributed by atoms with Gasteiger partial charge in [-0.1, -0.05) is 0 Å². The van der Waals surface area contributed by atoms with Crippen LogP contribution < -0.4 is 11.3 Å². The van der Waals surface area contributed by atoms with Crippen LogP contribution in [0.25, 0.3) is 0 Å². The lowest BCUT2D eigenvalue weighted by atomic mass is 10.3. The van der Waals surface area contributed by atoms with Crippen molar-refractivity contribution in [1.82, 2.24) is 10.3 Å². The van der Waals surface area contributed by atoms with Crippen LogP contribution in [0.5, 0.6) is 0 Å². The van der Waals surface area contributed by atoms with E-state index >= 15 is 0 Å². The third-order valence-corrected chi connectivity index (χ3v) is 3.16. The number of nitrogens with one attached hydrogen (secondary N) is 1. The molecule has 0 amide bonds. The molecule has 2 rings (SSSR count). The van der Waals surface area contributed by atoms with Crippen LogP contribution in [0.4, 0.5) is 0 Å². The second kappa shape index (κ2) is 5.04. The Morgan fingerprint density at radius 2 is 1.75 bits per heavy atom. The molecule has 0 unspecified atom stereocenters. The highest BCUT2D eigenvalue weighted by atomic mass is 15.4. The summed E-state index contributed by atoms with van der Waals surface area (Å²) in [6.45, 7) is 6.44. The average Bonchev–Trinajstić information content (AvgIpc) is 3.06. The van der Waals surface area contributed by atoms with Crippen LogP contribution in [0, 0.1) is 11.8 Å². The molecule has 0 atom stereocenters. The minimum absolute atomic E-state index is 0.298. The van der Waals surface area contributed by atoms with Gasteiger partial charge < -0.3 is 4.90 Å². The van der Waals surface area contributed by atoms with Crippen LogP contribution in [0.15, 0.2) is 4.99 Å². The summed E-state index contributed by atoms with van der Waals surface area (Å²) in [4.78, 5) is 6.92. The molecule has 2 aliphatic rings. The van der Waals surface area contributed by atoms with E-state index in [0.717, 1.165) is 30.9 Å². The standard InChI is InChI=1S/C12H24N4/c1-9(2)14-12(15-13)16(7-10-3-4-10)8-11-5-6-11/h9-11H,3-8,13H2,1-2H3,(H,14,15). The second-order valence-electron chi connectivity index (χ2n) is 5.48. The summed E-state index contributed by atoms with van der Waals surface area (Å²) in [6, 6.07) is 0.298. The second-order valence-corrected chi connectivity index (χ2v) is 5.48. The quantitative estimate of drug-likeness (QED) is 0.321. The Morgan fingerprint density at radius 1 is 1.25 bits per heavy atom. The lowest BCUT2D eigenvalue weighted by Gasteiger charge is -2.26. The van der Waals surface area contributed by atoms with Crippen LogP contribution in [-0.2, 0) is 0 Å². The van der Waals surface area contributed by atoms with Crippen molar-refractivity contribution in [1.29, 1.82) is 0 Å². The lowest BCUT2D eigenvalue weighted by molar-refractivity contribution is 0.368. The van der Waals surface area contributed by atoms with Crippen LogP contribution >= 0.6 is 0 Å². The van der Waals surface area contributed by atoms with Crippen molar-refractivity contribution in [2.24, 2.45) is 22.7 Å². The van der Waals surface area contributed by atoms with Crippen molar-refractivity contribution in [3.63, 3.8) is 0 Å². The van der Waals surface area contributed by atoms with Gasteiger partial charge >= 0.3 is 0 Å². The molecule has 92 valence electrons. The Hall–Kier alpha value is -0.770. The van der Waals surface area contributed by atoms with Crippen molar-refractivity contribution in [2.75, 3.05) is 13.1 Å². The van der Waals surface area contributed by atoms with Crippen molar-refractivity contribution in [3.05, 3.63) is 0 Å². The molecule has 0 spiro atoms. The number of rotatable bonds is 5. The topological polar surface area (TPSA) is 53.6 Å². The monoisotopic (exact) mass is 224 g/mol. The zero-order chi connectivity index (χ0) is 11.5. The number of hydrazine groups is 1. The zero-order valence-electron chi connectivity index (χ0n) is 10.4. The number of nitrogens with zero attached hydrogens (tertiary/aromatic N) is 2. The van der Waals surface area contributed by atoms with E-state index in [0.29, 0.717) is 6.04 Å². The molecule has 2 saturated carbocycles. The predicted molar refractivity (Wildman–Crippen MR) is 66.9 cm³/mol. The Kier molecular flexibility index (Phi) is 3.69. The Balaban J connectivity index is 1.94. The summed E-state index contributed by atoms with van der Waals surface area (Å²) in [5.41, 5.74) is 2.78. The summed E-state index contributed by atoms with van der Waals surface area (Å²) in [6.07, 6.45) is 5.50. The van der Waals surface area contributed by atoms with Crippen LogP contribution in [0.2, 0.25) is 0 Å². The molecule has 0 aromatic rings. The molecule has 2 fully saturated rings. The van der Waals surface area contributed by atoms with Gasteiger partial charge in [-0.05, 0) is 51.4 Å². The molecular weight excluding hydrogens is 200 g/mol. The summed E-state index contributed by atoms with van der Waals surface area (Å²) in [7, 11) is 0. The number of guanidine groups is 1. The fourth-order valence-corrected chi connectivity index (χ4v) is 1.93. The average molecular weight is 224 g/mol. The van der Waals surface area contributed by atoms with E-state index < -0.39 is 0 Å². The summed E-state index contributed by atoms with van der Waals surface area (Å²) < 4.78 is 0. The van der Waals surface area contributed by atoms with E-state index in [1.165, 1.54) is 25.7 Å². The van der Waals surface area contributed by atoms with Crippen molar-refractivity contribution in [2.45, 2.75) is 45.6 Å². The minimum Gasteiger partial charge on any atom is -0.341 e. The number of hydrogen-bond acceptors (Lipinski definition) is 2. The smallest absolute Gasteiger partial charge is 0.208 e. The molecule has 0 aromatic carbocycles.